The van der Waals surface area contributed by atoms with Gasteiger partial charge in [-0.05, 0) is 25.3 Å². The molecule has 18 heavy (non-hydrogen) atoms. The van der Waals surface area contributed by atoms with E-state index in [-0.39, 0.29) is 11.6 Å². The molecule has 2 heterocycles. The van der Waals surface area contributed by atoms with Crippen molar-refractivity contribution in [1.82, 2.24) is 9.55 Å². The Balaban J connectivity index is 2.20. The molecule has 3 nitrogen and oxygen atoms in total. The van der Waals surface area contributed by atoms with Crippen LogP contribution in [-0.4, -0.2) is 9.55 Å². The first-order valence-electron chi connectivity index (χ1n) is 6.43. The Morgan fingerprint density at radius 1 is 1.28 bits per heavy atom. The fourth-order valence-corrected chi connectivity index (χ4v) is 2.64. The van der Waals surface area contributed by atoms with Crippen LogP contribution < -0.4 is 5.56 Å². The Morgan fingerprint density at radius 2 is 2.06 bits per heavy atom. The minimum absolute atomic E-state index is 0.0957. The smallest absolute Gasteiger partial charge is 0.261 e. The van der Waals surface area contributed by atoms with Gasteiger partial charge in [-0.15, -0.1) is 0 Å². The Morgan fingerprint density at radius 3 is 2.83 bits per heavy atom. The normalized spacial score (nSPS) is 18.4. The Hall–Kier alpha value is -1.90. The fourth-order valence-electron chi connectivity index (χ4n) is 2.64. The van der Waals surface area contributed by atoms with Crippen molar-refractivity contribution in [3.8, 4) is 11.1 Å². The number of hydrogen-bond acceptors (Lipinski definition) is 2. The maximum Gasteiger partial charge on any atom is 0.261 e. The summed E-state index contributed by atoms with van der Waals surface area (Å²) in [5.41, 5.74) is 1.74. The van der Waals surface area contributed by atoms with Gasteiger partial charge in [0.25, 0.3) is 5.56 Å². The fraction of sp³-hybridized carbons (Fsp3) is 0.333. The minimum atomic E-state index is 0.0957. The van der Waals surface area contributed by atoms with Crippen molar-refractivity contribution < 1.29 is 0 Å². The summed E-state index contributed by atoms with van der Waals surface area (Å²) in [6.45, 7) is 2.10. The van der Waals surface area contributed by atoms with Crippen LogP contribution in [0.2, 0.25) is 0 Å². The third-order valence-corrected chi connectivity index (χ3v) is 3.62. The van der Waals surface area contributed by atoms with Crippen molar-refractivity contribution in [2.45, 2.75) is 32.2 Å². The molecule has 0 N–H and O–H groups in total. The third-order valence-electron chi connectivity index (χ3n) is 3.62. The summed E-state index contributed by atoms with van der Waals surface area (Å²) in [4.78, 5) is 17.0. The van der Waals surface area contributed by atoms with Gasteiger partial charge in [0.2, 0.25) is 0 Å². The molecule has 0 saturated heterocycles. The minimum Gasteiger partial charge on any atom is -0.293 e. The average molecular weight is 240 g/mol. The molecule has 3 heteroatoms. The predicted octanol–water partition coefficient (Wildman–Crippen LogP) is 2.81. The van der Waals surface area contributed by atoms with E-state index in [0.717, 1.165) is 30.7 Å². The van der Waals surface area contributed by atoms with E-state index in [4.69, 9.17) is 0 Å². The summed E-state index contributed by atoms with van der Waals surface area (Å²) >= 11 is 0. The SMILES string of the molecule is CC1CCCc2ncc(-c3ccccc3)c(=O)n21. The topological polar surface area (TPSA) is 34.9 Å². The van der Waals surface area contributed by atoms with E-state index in [1.54, 1.807) is 6.20 Å². The number of fused-ring (bicyclic) bond motifs is 1. The van der Waals surface area contributed by atoms with Crippen LogP contribution in [0.1, 0.15) is 31.6 Å². The molecule has 0 spiro atoms. The molecule has 0 radical (unpaired) electrons. The van der Waals surface area contributed by atoms with E-state index in [2.05, 4.69) is 11.9 Å². The first-order chi connectivity index (χ1) is 8.77. The van der Waals surface area contributed by atoms with Gasteiger partial charge in [0.05, 0.1) is 5.56 Å². The van der Waals surface area contributed by atoms with Gasteiger partial charge in [-0.1, -0.05) is 30.3 Å². The molecule has 92 valence electrons. The monoisotopic (exact) mass is 240 g/mol. The molecule has 1 unspecified atom stereocenters. The summed E-state index contributed by atoms with van der Waals surface area (Å²) < 4.78 is 1.87. The van der Waals surface area contributed by atoms with Gasteiger partial charge in [-0.2, -0.15) is 0 Å². The second kappa shape index (κ2) is 4.41. The molecular weight excluding hydrogens is 224 g/mol. The van der Waals surface area contributed by atoms with Gasteiger partial charge in [0.1, 0.15) is 5.82 Å². The zero-order valence-corrected chi connectivity index (χ0v) is 10.5. The molecule has 3 rings (SSSR count). The lowest BCUT2D eigenvalue weighted by Crippen LogP contribution is -2.31. The number of aryl methyl sites for hydroxylation is 1. The molecule has 2 aromatic rings. The maximum absolute atomic E-state index is 12.5. The highest BCUT2D eigenvalue weighted by Gasteiger charge is 2.19. The van der Waals surface area contributed by atoms with Crippen molar-refractivity contribution in [2.24, 2.45) is 0 Å². The number of benzene rings is 1. The van der Waals surface area contributed by atoms with Crippen LogP contribution in [0.15, 0.2) is 41.3 Å². The van der Waals surface area contributed by atoms with Gasteiger partial charge < -0.3 is 0 Å². The van der Waals surface area contributed by atoms with Crippen molar-refractivity contribution in [3.63, 3.8) is 0 Å². The number of rotatable bonds is 1. The summed E-state index contributed by atoms with van der Waals surface area (Å²) in [6, 6.07) is 10.0. The molecular formula is C15H16N2O. The zero-order valence-electron chi connectivity index (χ0n) is 10.5. The molecule has 0 amide bonds. The van der Waals surface area contributed by atoms with Crippen LogP contribution in [0, 0.1) is 0 Å². The van der Waals surface area contributed by atoms with Crippen molar-refractivity contribution in [1.29, 1.82) is 0 Å². The Kier molecular flexibility index (Phi) is 2.74. The molecule has 0 bridgehead atoms. The van der Waals surface area contributed by atoms with Crippen LogP contribution in [0.3, 0.4) is 0 Å². The number of hydrogen-bond donors (Lipinski definition) is 0. The standard InChI is InChI=1S/C15H16N2O/c1-11-6-5-9-14-16-10-13(15(18)17(11)14)12-7-3-2-4-8-12/h2-4,7-8,10-11H,5-6,9H2,1H3. The highest BCUT2D eigenvalue weighted by atomic mass is 16.1. The first kappa shape index (κ1) is 11.2. The van der Waals surface area contributed by atoms with E-state index in [1.165, 1.54) is 0 Å². The summed E-state index contributed by atoms with van der Waals surface area (Å²) in [6.07, 6.45) is 4.82. The van der Waals surface area contributed by atoms with Crippen LogP contribution >= 0.6 is 0 Å². The van der Waals surface area contributed by atoms with Gasteiger partial charge in [-0.25, -0.2) is 4.98 Å². The average Bonchev–Trinajstić information content (AvgIpc) is 2.40. The summed E-state index contributed by atoms with van der Waals surface area (Å²) in [5.74, 6) is 0.929. The molecule has 1 aliphatic heterocycles. The highest BCUT2D eigenvalue weighted by molar-refractivity contribution is 5.61. The molecule has 1 aliphatic rings. The lowest BCUT2D eigenvalue weighted by molar-refractivity contribution is 0.406. The third kappa shape index (κ3) is 1.76. The summed E-state index contributed by atoms with van der Waals surface area (Å²) in [5, 5.41) is 0. The molecule has 0 saturated carbocycles. The Labute approximate surface area is 106 Å². The van der Waals surface area contributed by atoms with Gasteiger partial charge in [0, 0.05) is 18.7 Å². The van der Waals surface area contributed by atoms with E-state index in [1.807, 2.05) is 34.9 Å². The lowest BCUT2D eigenvalue weighted by atomic mass is 10.0. The predicted molar refractivity (Wildman–Crippen MR) is 71.6 cm³/mol. The van der Waals surface area contributed by atoms with E-state index in [9.17, 15) is 4.79 Å². The Bertz CT molecular complexity index is 616. The zero-order chi connectivity index (χ0) is 12.5. The van der Waals surface area contributed by atoms with Crippen LogP contribution in [0.5, 0.6) is 0 Å². The first-order valence-corrected chi connectivity index (χ1v) is 6.43. The molecule has 0 aliphatic carbocycles. The number of aromatic nitrogens is 2. The molecule has 1 aromatic heterocycles. The van der Waals surface area contributed by atoms with Gasteiger partial charge in [0.15, 0.2) is 0 Å². The quantitative estimate of drug-likeness (QED) is 0.768. The molecule has 1 aromatic carbocycles. The van der Waals surface area contributed by atoms with Crippen LogP contribution in [-0.2, 0) is 6.42 Å². The second-order valence-corrected chi connectivity index (χ2v) is 4.87. The van der Waals surface area contributed by atoms with Crippen LogP contribution in [0.4, 0.5) is 0 Å². The molecule has 0 fully saturated rings. The van der Waals surface area contributed by atoms with Gasteiger partial charge in [-0.3, -0.25) is 9.36 Å². The van der Waals surface area contributed by atoms with Crippen molar-refractivity contribution >= 4 is 0 Å². The molecule has 1 atom stereocenters. The van der Waals surface area contributed by atoms with E-state index < -0.39 is 0 Å². The lowest BCUT2D eigenvalue weighted by Gasteiger charge is -2.24. The maximum atomic E-state index is 12.5. The van der Waals surface area contributed by atoms with Gasteiger partial charge >= 0.3 is 0 Å². The van der Waals surface area contributed by atoms with E-state index in [0.29, 0.717) is 5.56 Å². The highest BCUT2D eigenvalue weighted by Crippen LogP contribution is 2.22. The number of nitrogens with zero attached hydrogens (tertiary/aromatic N) is 2. The van der Waals surface area contributed by atoms with E-state index >= 15 is 0 Å². The second-order valence-electron chi connectivity index (χ2n) is 4.87. The van der Waals surface area contributed by atoms with Crippen molar-refractivity contribution in [3.05, 3.63) is 52.7 Å². The largest absolute Gasteiger partial charge is 0.293 e. The summed E-state index contributed by atoms with van der Waals surface area (Å²) in [7, 11) is 0. The van der Waals surface area contributed by atoms with Crippen LogP contribution in [0.25, 0.3) is 11.1 Å². The van der Waals surface area contributed by atoms with Crippen molar-refractivity contribution in [2.75, 3.05) is 0 Å².